The molecule has 1 unspecified atom stereocenters. The number of aromatic nitrogens is 3. The summed E-state index contributed by atoms with van der Waals surface area (Å²) in [6, 6.07) is 9.29. The molecule has 0 radical (unpaired) electrons. The lowest BCUT2D eigenvalue weighted by Gasteiger charge is -2.35. The van der Waals surface area contributed by atoms with E-state index in [4.69, 9.17) is 21.6 Å². The second-order valence-electron chi connectivity index (χ2n) is 10.2. The summed E-state index contributed by atoms with van der Waals surface area (Å²) in [5, 5.41) is 9.21. The van der Waals surface area contributed by atoms with Gasteiger partial charge in [0.15, 0.2) is 17.7 Å². The van der Waals surface area contributed by atoms with Crippen LogP contribution in [-0.4, -0.2) is 94.7 Å². The van der Waals surface area contributed by atoms with Crippen LogP contribution in [0.25, 0.3) is 11.3 Å². The summed E-state index contributed by atoms with van der Waals surface area (Å²) in [6.07, 6.45) is 6.14. The molecule has 1 aliphatic rings. The lowest BCUT2D eigenvalue weighted by molar-refractivity contribution is 0.0630. The Morgan fingerprint density at radius 3 is 2.56 bits per heavy atom. The first kappa shape index (κ1) is 31.6. The van der Waals surface area contributed by atoms with Crippen LogP contribution in [0.4, 0.5) is 14.5 Å². The van der Waals surface area contributed by atoms with Crippen molar-refractivity contribution in [3.8, 4) is 23.1 Å². The number of halogens is 3. The minimum Gasteiger partial charge on any atom is -0.473 e. The highest BCUT2D eigenvalue weighted by Gasteiger charge is 2.24. The van der Waals surface area contributed by atoms with Crippen molar-refractivity contribution in [2.45, 2.75) is 13.0 Å². The third-order valence-corrected chi connectivity index (χ3v) is 7.09. The first-order valence-corrected chi connectivity index (χ1v) is 14.0. The third-order valence-electron chi connectivity index (χ3n) is 6.78. The molecule has 4 rings (SSSR count). The van der Waals surface area contributed by atoms with Crippen LogP contribution < -0.4 is 10.2 Å². The number of nitrogens with zero attached hydrogens (tertiary/aromatic N) is 7. The summed E-state index contributed by atoms with van der Waals surface area (Å²) in [6.45, 7) is 6.13. The maximum Gasteiger partial charge on any atom is 0.255 e. The number of anilines is 1. The predicted octanol–water partition coefficient (Wildman–Crippen LogP) is 4.49. The Hall–Kier alpha value is -4.31. The van der Waals surface area contributed by atoms with Gasteiger partial charge in [-0.2, -0.15) is 9.65 Å². The van der Waals surface area contributed by atoms with Crippen LogP contribution in [0, 0.1) is 23.0 Å². The average Bonchev–Trinajstić information content (AvgIpc) is 3.11. The number of amides is 1. The number of ether oxygens (including phenoxy) is 1. The number of nitrogens with one attached hydrogen (secondary N) is 1. The smallest absolute Gasteiger partial charge is 0.255 e. The number of nitriles is 1. The fourth-order valence-corrected chi connectivity index (χ4v) is 4.67. The second-order valence-corrected chi connectivity index (χ2v) is 10.6. The number of carbonyl (C=O) groups excluding carboxylic acids is 1. The molecule has 1 aromatic heterocycles. The molecule has 0 bridgehead atoms. The van der Waals surface area contributed by atoms with Crippen LogP contribution in [0.15, 0.2) is 61.3 Å². The Morgan fingerprint density at radius 1 is 1.12 bits per heavy atom. The lowest BCUT2D eigenvalue weighted by atomic mass is 10.1. The van der Waals surface area contributed by atoms with Crippen LogP contribution in [-0.2, 0) is 0 Å². The van der Waals surface area contributed by atoms with Gasteiger partial charge in [0.2, 0.25) is 5.82 Å². The summed E-state index contributed by atoms with van der Waals surface area (Å²) in [7, 11) is 4.07. The van der Waals surface area contributed by atoms with E-state index in [1.165, 1.54) is 54.7 Å². The first-order valence-electron chi connectivity index (χ1n) is 13.7. The largest absolute Gasteiger partial charge is 0.473 e. The molecule has 2 heterocycles. The summed E-state index contributed by atoms with van der Waals surface area (Å²) >= 11 is 6.58. The highest BCUT2D eigenvalue weighted by Crippen LogP contribution is 2.30. The van der Waals surface area contributed by atoms with Crippen molar-refractivity contribution >= 4 is 23.2 Å². The van der Waals surface area contributed by atoms with E-state index in [-0.39, 0.29) is 27.9 Å². The molecular formula is C30H33ClF2N8O2. The van der Waals surface area contributed by atoms with Gasteiger partial charge in [-0.3, -0.25) is 29.8 Å². The fraction of sp³-hybridized carbons (Fsp3) is 0.333. The second kappa shape index (κ2) is 14.7. The number of rotatable bonds is 9. The summed E-state index contributed by atoms with van der Waals surface area (Å²) in [4.78, 5) is 27.7. The van der Waals surface area contributed by atoms with Crippen LogP contribution >= 0.6 is 11.6 Å². The number of hydrogen-bond donors (Lipinski definition) is 1. The zero-order chi connectivity index (χ0) is 30.9. The van der Waals surface area contributed by atoms with Gasteiger partial charge in [0.1, 0.15) is 6.07 Å². The Balaban J connectivity index is 1.58. The van der Waals surface area contributed by atoms with Crippen LogP contribution in [0.5, 0.6) is 5.75 Å². The van der Waals surface area contributed by atoms with Gasteiger partial charge in [0.05, 0.1) is 28.2 Å². The number of carbonyl (C=O) groups is 1. The zero-order valence-electron chi connectivity index (χ0n) is 24.2. The van der Waals surface area contributed by atoms with Crippen molar-refractivity contribution in [1.82, 2.24) is 29.3 Å². The molecule has 13 heteroatoms. The van der Waals surface area contributed by atoms with Gasteiger partial charge in [-0.05, 0) is 51.4 Å². The zero-order valence-corrected chi connectivity index (χ0v) is 24.9. The van der Waals surface area contributed by atoms with Gasteiger partial charge < -0.3 is 14.5 Å². The van der Waals surface area contributed by atoms with Gasteiger partial charge in [0.25, 0.3) is 5.91 Å². The molecule has 2 aromatic carbocycles. The van der Waals surface area contributed by atoms with E-state index in [9.17, 15) is 9.18 Å². The van der Waals surface area contributed by atoms with Crippen molar-refractivity contribution in [3.63, 3.8) is 0 Å². The van der Waals surface area contributed by atoms with Gasteiger partial charge >= 0.3 is 0 Å². The molecule has 0 saturated carbocycles. The van der Waals surface area contributed by atoms with Gasteiger partial charge in [-0.25, -0.2) is 4.39 Å². The van der Waals surface area contributed by atoms with Crippen LogP contribution in [0.3, 0.4) is 0 Å². The predicted molar refractivity (Wildman–Crippen MR) is 160 cm³/mol. The van der Waals surface area contributed by atoms with Crippen molar-refractivity contribution in [2.75, 3.05) is 58.8 Å². The maximum atomic E-state index is 15.3. The minimum absolute atomic E-state index is 0.131. The Kier molecular flexibility index (Phi) is 10.8. The fourth-order valence-electron chi connectivity index (χ4n) is 4.41. The van der Waals surface area contributed by atoms with Gasteiger partial charge in [-0.15, -0.1) is 0 Å². The lowest BCUT2D eigenvalue weighted by Crippen LogP contribution is -2.50. The maximum absolute atomic E-state index is 15.3. The molecule has 1 amide bonds. The molecule has 1 saturated heterocycles. The SMILES string of the molecule is CC(C#N)Oc1ccc(-c2cnccnccn2Nc2ccc(C(=O)N3CCN(CCN(C)C)CC3)c(Cl)c2)c(F)c1F. The Bertz CT molecular complexity index is 1530. The summed E-state index contributed by atoms with van der Waals surface area (Å²) in [5.74, 6) is -2.97. The first-order chi connectivity index (χ1) is 20.7. The Morgan fingerprint density at radius 2 is 1.86 bits per heavy atom. The van der Waals surface area contributed by atoms with Crippen molar-refractivity contribution < 1.29 is 18.3 Å². The van der Waals surface area contributed by atoms with Gasteiger partial charge in [-0.1, -0.05) is 11.6 Å². The molecule has 1 N–H and O–H groups in total. The molecule has 0 spiro atoms. The molecule has 1 atom stereocenters. The third kappa shape index (κ3) is 8.16. The van der Waals surface area contributed by atoms with E-state index >= 15 is 4.39 Å². The minimum atomic E-state index is -1.24. The van der Waals surface area contributed by atoms with E-state index in [1.807, 2.05) is 20.2 Å². The van der Waals surface area contributed by atoms with Crippen molar-refractivity contribution in [1.29, 1.82) is 5.26 Å². The molecule has 3 aromatic rings. The van der Waals surface area contributed by atoms with Crippen molar-refractivity contribution in [2.24, 2.45) is 0 Å². The monoisotopic (exact) mass is 610 g/mol. The molecule has 1 aliphatic heterocycles. The summed E-state index contributed by atoms with van der Waals surface area (Å²) < 4.78 is 36.8. The standard InChI is InChI=1S/C30H33ClF2N8O2/c1-21(19-34)43-27-7-6-24(28(32)29(27)33)26-20-36-9-8-35-10-11-41(26)37-22-4-5-23(25(31)18-22)30(42)40-16-14-39(15-17-40)13-12-38(2)3/h4-11,18,20-21,37H,12-17H2,1-3H3. The number of piperazine rings is 1. The quantitative estimate of drug-likeness (QED) is 0.378. The van der Waals surface area contributed by atoms with E-state index in [2.05, 4.69) is 25.2 Å². The molecule has 0 aliphatic carbocycles. The number of benzene rings is 2. The van der Waals surface area contributed by atoms with E-state index in [1.54, 1.807) is 23.1 Å². The van der Waals surface area contributed by atoms with Crippen LogP contribution in [0.2, 0.25) is 5.02 Å². The topological polar surface area (TPSA) is 103 Å². The van der Waals surface area contributed by atoms with E-state index in [0.29, 0.717) is 24.3 Å². The molecule has 1 fully saturated rings. The van der Waals surface area contributed by atoms with E-state index in [0.717, 1.165) is 26.2 Å². The Labute approximate surface area is 254 Å². The molecule has 43 heavy (non-hydrogen) atoms. The van der Waals surface area contributed by atoms with Crippen LogP contribution in [0.1, 0.15) is 17.3 Å². The van der Waals surface area contributed by atoms with Crippen molar-refractivity contribution in [3.05, 3.63) is 83.5 Å². The highest BCUT2D eigenvalue weighted by molar-refractivity contribution is 6.34. The number of hydrogen-bond acceptors (Lipinski definition) is 8. The van der Waals surface area contributed by atoms with Gasteiger partial charge in [0, 0.05) is 69.6 Å². The average molecular weight is 611 g/mol. The number of likely N-dealkylation sites (N-methyl/N-ethyl adjacent to an activating group) is 1. The molecular weight excluding hydrogens is 578 g/mol. The molecule has 226 valence electrons. The summed E-state index contributed by atoms with van der Waals surface area (Å²) in [5.41, 5.74) is 3.94. The normalized spacial score (nSPS) is 14.1. The van der Waals surface area contributed by atoms with E-state index < -0.39 is 17.7 Å². The molecule has 10 nitrogen and oxygen atoms in total. The highest BCUT2D eigenvalue weighted by atomic mass is 35.5.